The first-order chi connectivity index (χ1) is 9.17. The quantitative estimate of drug-likeness (QED) is 0.852. The fourth-order valence-electron chi connectivity index (χ4n) is 2.26. The van der Waals surface area contributed by atoms with Gasteiger partial charge in [-0.1, -0.05) is 0 Å². The summed E-state index contributed by atoms with van der Waals surface area (Å²) in [7, 11) is 0. The third-order valence-corrected chi connectivity index (χ3v) is 3.26. The summed E-state index contributed by atoms with van der Waals surface area (Å²) in [6.07, 6.45) is 2.34. The highest BCUT2D eigenvalue weighted by Crippen LogP contribution is 2.31. The van der Waals surface area contributed by atoms with Crippen molar-refractivity contribution in [3.05, 3.63) is 30.1 Å². The van der Waals surface area contributed by atoms with E-state index in [4.69, 9.17) is 11.0 Å². The Balaban J connectivity index is 2.56. The largest absolute Gasteiger partial charge is 0.398 e. The number of nitriles is 1. The molecule has 0 aliphatic rings. The second-order valence-electron chi connectivity index (χ2n) is 4.53. The second kappa shape index (κ2) is 5.57. The summed E-state index contributed by atoms with van der Waals surface area (Å²) >= 11 is 0. The summed E-state index contributed by atoms with van der Waals surface area (Å²) < 4.78 is 0. The molecule has 1 aromatic carbocycles. The standard InChI is InChI=1S/C15H18N4/c1-3-19(8-4-7-16)15-6-5-14(17)13-10-18-11(2)9-12(13)15/h5-6,9-10H,3-4,8,17H2,1-2H3. The van der Waals surface area contributed by atoms with Crippen molar-refractivity contribution < 1.29 is 0 Å². The molecule has 0 aliphatic carbocycles. The predicted molar refractivity (Wildman–Crippen MR) is 79.0 cm³/mol. The van der Waals surface area contributed by atoms with Crippen LogP contribution in [0.2, 0.25) is 0 Å². The van der Waals surface area contributed by atoms with Crippen molar-refractivity contribution >= 4 is 22.1 Å². The lowest BCUT2D eigenvalue weighted by atomic mass is 10.1. The van der Waals surface area contributed by atoms with Crippen molar-refractivity contribution in [3.8, 4) is 6.07 Å². The molecule has 0 unspecified atom stereocenters. The number of hydrogen-bond acceptors (Lipinski definition) is 4. The highest BCUT2D eigenvalue weighted by atomic mass is 15.1. The Morgan fingerprint density at radius 3 is 2.84 bits per heavy atom. The van der Waals surface area contributed by atoms with Gasteiger partial charge in [-0.05, 0) is 32.0 Å². The van der Waals surface area contributed by atoms with Crippen LogP contribution in [0.1, 0.15) is 19.0 Å². The summed E-state index contributed by atoms with van der Waals surface area (Å²) in [5.41, 5.74) is 8.83. The molecule has 0 saturated carbocycles. The number of nitrogens with zero attached hydrogens (tertiary/aromatic N) is 3. The third-order valence-electron chi connectivity index (χ3n) is 3.26. The highest BCUT2D eigenvalue weighted by molar-refractivity contribution is 6.01. The van der Waals surface area contributed by atoms with Crippen molar-refractivity contribution in [2.75, 3.05) is 23.7 Å². The Labute approximate surface area is 113 Å². The van der Waals surface area contributed by atoms with Crippen LogP contribution in [-0.4, -0.2) is 18.1 Å². The third kappa shape index (κ3) is 2.60. The first-order valence-corrected chi connectivity index (χ1v) is 6.44. The van der Waals surface area contributed by atoms with E-state index in [1.807, 2.05) is 25.3 Å². The van der Waals surface area contributed by atoms with Crippen LogP contribution in [0.15, 0.2) is 24.4 Å². The lowest BCUT2D eigenvalue weighted by Crippen LogP contribution is -2.23. The summed E-state index contributed by atoms with van der Waals surface area (Å²) in [5, 5.41) is 10.8. The maximum absolute atomic E-state index is 8.75. The summed E-state index contributed by atoms with van der Waals surface area (Å²) in [6.45, 7) is 5.65. The normalized spacial score (nSPS) is 10.4. The fraction of sp³-hybridized carbons (Fsp3) is 0.333. The minimum atomic E-state index is 0.518. The van der Waals surface area contributed by atoms with Crippen LogP contribution in [0.4, 0.5) is 11.4 Å². The molecule has 0 bridgehead atoms. The zero-order chi connectivity index (χ0) is 13.8. The molecule has 0 radical (unpaired) electrons. The van der Waals surface area contributed by atoms with E-state index >= 15 is 0 Å². The van der Waals surface area contributed by atoms with Gasteiger partial charge < -0.3 is 10.6 Å². The number of aryl methyl sites for hydroxylation is 1. The first kappa shape index (κ1) is 13.2. The van der Waals surface area contributed by atoms with Gasteiger partial charge in [0.1, 0.15) is 0 Å². The first-order valence-electron chi connectivity index (χ1n) is 6.44. The molecule has 2 aromatic rings. The van der Waals surface area contributed by atoms with Crippen LogP contribution in [0, 0.1) is 18.3 Å². The van der Waals surface area contributed by atoms with E-state index in [0.29, 0.717) is 6.42 Å². The van der Waals surface area contributed by atoms with Gasteiger partial charge in [-0.2, -0.15) is 5.26 Å². The van der Waals surface area contributed by atoms with Gasteiger partial charge in [-0.25, -0.2) is 0 Å². The van der Waals surface area contributed by atoms with E-state index in [0.717, 1.165) is 40.9 Å². The minimum Gasteiger partial charge on any atom is -0.398 e. The number of benzene rings is 1. The Morgan fingerprint density at radius 1 is 1.37 bits per heavy atom. The number of fused-ring (bicyclic) bond motifs is 1. The molecule has 0 atom stereocenters. The van der Waals surface area contributed by atoms with E-state index in [2.05, 4.69) is 28.9 Å². The molecule has 4 nitrogen and oxygen atoms in total. The molecule has 2 N–H and O–H groups in total. The molecule has 2 rings (SSSR count). The molecule has 0 fully saturated rings. The number of rotatable bonds is 4. The van der Waals surface area contributed by atoms with Gasteiger partial charge in [0.15, 0.2) is 0 Å². The van der Waals surface area contributed by atoms with Gasteiger partial charge >= 0.3 is 0 Å². The summed E-state index contributed by atoms with van der Waals surface area (Å²) in [4.78, 5) is 6.50. The van der Waals surface area contributed by atoms with Crippen molar-refractivity contribution in [3.63, 3.8) is 0 Å². The molecule has 0 amide bonds. The fourth-order valence-corrected chi connectivity index (χ4v) is 2.26. The molecular weight excluding hydrogens is 236 g/mol. The van der Waals surface area contributed by atoms with Crippen LogP contribution in [-0.2, 0) is 0 Å². The maximum atomic E-state index is 8.75. The Morgan fingerprint density at radius 2 is 2.16 bits per heavy atom. The Kier molecular flexibility index (Phi) is 3.86. The minimum absolute atomic E-state index is 0.518. The lowest BCUT2D eigenvalue weighted by Gasteiger charge is -2.24. The zero-order valence-electron chi connectivity index (χ0n) is 11.3. The highest BCUT2D eigenvalue weighted by Gasteiger charge is 2.10. The number of hydrogen-bond donors (Lipinski definition) is 1. The molecule has 1 aromatic heterocycles. The molecule has 0 spiro atoms. The zero-order valence-corrected chi connectivity index (χ0v) is 11.3. The number of nitrogens with two attached hydrogens (primary N) is 1. The van der Waals surface area contributed by atoms with E-state index in [9.17, 15) is 0 Å². The predicted octanol–water partition coefficient (Wildman–Crippen LogP) is 2.87. The maximum Gasteiger partial charge on any atom is 0.0640 e. The molecule has 19 heavy (non-hydrogen) atoms. The Bertz CT molecular complexity index is 628. The van der Waals surface area contributed by atoms with E-state index in [1.54, 1.807) is 0 Å². The molecule has 0 aliphatic heterocycles. The van der Waals surface area contributed by atoms with Gasteiger partial charge in [0, 0.05) is 47.1 Å². The van der Waals surface area contributed by atoms with Crippen LogP contribution in [0.25, 0.3) is 10.8 Å². The monoisotopic (exact) mass is 254 g/mol. The van der Waals surface area contributed by atoms with Crippen LogP contribution >= 0.6 is 0 Å². The number of nitrogen functional groups attached to an aromatic ring is 1. The molecule has 0 saturated heterocycles. The van der Waals surface area contributed by atoms with Gasteiger partial charge in [-0.3, -0.25) is 4.98 Å². The summed E-state index contributed by atoms with van der Waals surface area (Å²) in [5.74, 6) is 0. The van der Waals surface area contributed by atoms with Crippen molar-refractivity contribution in [1.29, 1.82) is 5.26 Å². The number of aromatic nitrogens is 1. The average molecular weight is 254 g/mol. The van der Waals surface area contributed by atoms with Crippen LogP contribution in [0.5, 0.6) is 0 Å². The molecular formula is C15H18N4. The van der Waals surface area contributed by atoms with Crippen molar-refractivity contribution in [2.45, 2.75) is 20.3 Å². The van der Waals surface area contributed by atoms with Crippen LogP contribution in [0.3, 0.4) is 0 Å². The number of anilines is 2. The molecule has 98 valence electrons. The topological polar surface area (TPSA) is 65.9 Å². The average Bonchev–Trinajstić information content (AvgIpc) is 2.41. The lowest BCUT2D eigenvalue weighted by molar-refractivity contribution is 0.830. The van der Waals surface area contributed by atoms with E-state index in [1.165, 1.54) is 0 Å². The van der Waals surface area contributed by atoms with Crippen molar-refractivity contribution in [1.82, 2.24) is 4.98 Å². The van der Waals surface area contributed by atoms with Gasteiger partial charge in [0.05, 0.1) is 12.5 Å². The summed E-state index contributed by atoms with van der Waals surface area (Å²) in [6, 6.07) is 8.18. The van der Waals surface area contributed by atoms with Gasteiger partial charge in [0.2, 0.25) is 0 Å². The smallest absolute Gasteiger partial charge is 0.0640 e. The molecule has 4 heteroatoms. The van der Waals surface area contributed by atoms with Gasteiger partial charge in [0.25, 0.3) is 0 Å². The Hall–Kier alpha value is -2.28. The van der Waals surface area contributed by atoms with Crippen LogP contribution < -0.4 is 10.6 Å². The molecule has 1 heterocycles. The SMILES string of the molecule is CCN(CCC#N)c1ccc(N)c2cnc(C)cc12. The van der Waals surface area contributed by atoms with E-state index in [-0.39, 0.29) is 0 Å². The van der Waals surface area contributed by atoms with Crippen molar-refractivity contribution in [2.24, 2.45) is 0 Å². The van der Waals surface area contributed by atoms with E-state index < -0.39 is 0 Å². The second-order valence-corrected chi connectivity index (χ2v) is 4.53. The number of pyridine rings is 1. The van der Waals surface area contributed by atoms with Gasteiger partial charge in [-0.15, -0.1) is 0 Å².